The van der Waals surface area contributed by atoms with Crippen LogP contribution in [-0.4, -0.2) is 43.6 Å². The van der Waals surface area contributed by atoms with E-state index in [1.807, 2.05) is 0 Å². The van der Waals surface area contributed by atoms with Gasteiger partial charge in [0.1, 0.15) is 0 Å². The highest BCUT2D eigenvalue weighted by Crippen LogP contribution is 2.11. The molecule has 1 aromatic carbocycles. The summed E-state index contributed by atoms with van der Waals surface area (Å²) in [5.74, 6) is -1.37. The molecule has 0 fully saturated rings. The average Bonchev–Trinajstić information content (AvgIpc) is 2.50. The molecule has 0 radical (unpaired) electrons. The van der Waals surface area contributed by atoms with Crippen molar-refractivity contribution < 1.29 is 29.0 Å². The third-order valence-electron chi connectivity index (χ3n) is 2.39. The summed E-state index contributed by atoms with van der Waals surface area (Å²) in [5.41, 5.74) is 0.714. The summed E-state index contributed by atoms with van der Waals surface area (Å²) in [6.07, 6.45) is 0. The van der Waals surface area contributed by atoms with Crippen LogP contribution in [0.25, 0.3) is 0 Å². The lowest BCUT2D eigenvalue weighted by Crippen LogP contribution is -2.20. The number of benzene rings is 1. The third kappa shape index (κ3) is 4.06. The Morgan fingerprint density at radius 3 is 2.50 bits per heavy atom. The number of rotatable bonds is 6. The number of hydrogen-bond donors (Lipinski definition) is 1. The van der Waals surface area contributed by atoms with Crippen LogP contribution in [0.2, 0.25) is 0 Å². The van der Waals surface area contributed by atoms with Gasteiger partial charge in [-0.3, -0.25) is 0 Å². The minimum atomic E-state index is -0.740. The zero-order valence-electron chi connectivity index (χ0n) is 11.2. The smallest absolute Gasteiger partial charge is 0.360 e. The predicted molar refractivity (Wildman–Crippen MR) is 68.9 cm³/mol. The summed E-state index contributed by atoms with van der Waals surface area (Å²) in [5, 5.41) is 12.8. The Kier molecular flexibility index (Phi) is 6.18. The van der Waals surface area contributed by atoms with E-state index in [2.05, 4.69) is 14.6 Å². The second kappa shape index (κ2) is 7.90. The van der Waals surface area contributed by atoms with Crippen LogP contribution < -0.4 is 0 Å². The fourth-order valence-electron chi connectivity index (χ4n) is 1.39. The quantitative estimate of drug-likeness (QED) is 0.456. The van der Waals surface area contributed by atoms with Crippen LogP contribution in [0.3, 0.4) is 0 Å². The highest BCUT2D eigenvalue weighted by Gasteiger charge is 2.19. The minimum absolute atomic E-state index is 0.138. The van der Waals surface area contributed by atoms with Gasteiger partial charge < -0.3 is 19.4 Å². The van der Waals surface area contributed by atoms with Crippen molar-refractivity contribution in [1.29, 1.82) is 0 Å². The van der Waals surface area contributed by atoms with E-state index in [9.17, 15) is 14.7 Å². The van der Waals surface area contributed by atoms with E-state index in [-0.39, 0.29) is 12.3 Å². The van der Waals surface area contributed by atoms with Crippen molar-refractivity contribution >= 4 is 17.7 Å². The van der Waals surface area contributed by atoms with Crippen molar-refractivity contribution in [3.8, 4) is 0 Å². The van der Waals surface area contributed by atoms with Crippen LogP contribution >= 0.6 is 0 Å². The first-order valence-corrected chi connectivity index (χ1v) is 5.68. The van der Waals surface area contributed by atoms with Crippen molar-refractivity contribution in [3.63, 3.8) is 0 Å². The summed E-state index contributed by atoms with van der Waals surface area (Å²) in [6, 6.07) is 6.60. The maximum Gasteiger partial charge on any atom is 0.360 e. The fraction of sp³-hybridized carbons (Fsp3) is 0.308. The zero-order valence-corrected chi connectivity index (χ0v) is 11.2. The monoisotopic (exact) mass is 281 g/mol. The maximum absolute atomic E-state index is 11.7. The largest absolute Gasteiger partial charge is 0.466 e. The first kappa shape index (κ1) is 15.6. The molecule has 7 heteroatoms. The van der Waals surface area contributed by atoms with E-state index < -0.39 is 18.5 Å². The zero-order chi connectivity index (χ0) is 15.0. The lowest BCUT2D eigenvalue weighted by molar-refractivity contribution is -0.146. The van der Waals surface area contributed by atoms with Crippen molar-refractivity contribution in [2.24, 2.45) is 5.16 Å². The molecule has 0 aliphatic heterocycles. The van der Waals surface area contributed by atoms with Gasteiger partial charge in [0, 0.05) is 5.56 Å². The van der Waals surface area contributed by atoms with Gasteiger partial charge in [0.25, 0.3) is 0 Å². The molecule has 0 amide bonds. The molecule has 0 saturated carbocycles. The van der Waals surface area contributed by atoms with Gasteiger partial charge in [-0.2, -0.15) is 0 Å². The van der Waals surface area contributed by atoms with E-state index in [4.69, 9.17) is 4.84 Å². The highest BCUT2D eigenvalue weighted by atomic mass is 16.7. The molecule has 0 spiro atoms. The Hall–Kier alpha value is -2.41. The number of ether oxygens (including phenoxy) is 2. The molecule has 0 unspecified atom stereocenters. The molecule has 0 aliphatic carbocycles. The molecular weight excluding hydrogens is 266 g/mol. The Balaban J connectivity index is 3.03. The number of esters is 2. The number of carbonyl (C=O) groups is 2. The molecule has 0 aliphatic rings. The van der Waals surface area contributed by atoms with Gasteiger partial charge in [0.2, 0.25) is 6.61 Å². The molecule has 0 bridgehead atoms. The summed E-state index contributed by atoms with van der Waals surface area (Å²) >= 11 is 0. The number of aliphatic hydroxyl groups is 1. The van der Waals surface area contributed by atoms with Crippen molar-refractivity contribution in [2.45, 2.75) is 6.61 Å². The van der Waals surface area contributed by atoms with Crippen molar-refractivity contribution in [3.05, 3.63) is 35.4 Å². The van der Waals surface area contributed by atoms with Gasteiger partial charge in [0.15, 0.2) is 5.71 Å². The summed E-state index contributed by atoms with van der Waals surface area (Å²) in [4.78, 5) is 27.4. The Morgan fingerprint density at radius 2 is 1.90 bits per heavy atom. The van der Waals surface area contributed by atoms with Gasteiger partial charge in [-0.05, 0) is 5.56 Å². The predicted octanol–water partition coefficient (Wildman–Crippen LogP) is 0.246. The molecule has 0 saturated heterocycles. The number of nitrogens with zero attached hydrogens (tertiary/aromatic N) is 1. The molecule has 1 aromatic rings. The molecule has 0 aromatic heterocycles. The molecule has 108 valence electrons. The first-order valence-electron chi connectivity index (χ1n) is 5.68. The van der Waals surface area contributed by atoms with Crippen LogP contribution in [0.5, 0.6) is 0 Å². The maximum atomic E-state index is 11.7. The Morgan fingerprint density at radius 1 is 1.20 bits per heavy atom. The number of hydrogen-bond acceptors (Lipinski definition) is 7. The van der Waals surface area contributed by atoms with Crippen molar-refractivity contribution in [2.75, 3.05) is 20.8 Å². The lowest BCUT2D eigenvalue weighted by atomic mass is 10.0. The normalized spacial score (nSPS) is 10.8. The summed E-state index contributed by atoms with van der Waals surface area (Å²) < 4.78 is 8.98. The molecule has 0 heterocycles. The lowest BCUT2D eigenvalue weighted by Gasteiger charge is -2.08. The van der Waals surface area contributed by atoms with Gasteiger partial charge in [0.05, 0.1) is 20.8 Å². The van der Waals surface area contributed by atoms with Crippen molar-refractivity contribution in [1.82, 2.24) is 0 Å². The molecular formula is C13H15NO6. The number of carbonyl (C=O) groups excluding carboxylic acids is 2. The van der Waals surface area contributed by atoms with Crippen LogP contribution in [0, 0.1) is 0 Å². The van der Waals surface area contributed by atoms with Crippen LogP contribution in [0.4, 0.5) is 0 Å². The number of aliphatic hydroxyl groups excluding tert-OH is 1. The summed E-state index contributed by atoms with van der Waals surface area (Å²) in [7, 11) is 2.40. The van der Waals surface area contributed by atoms with E-state index in [0.29, 0.717) is 11.1 Å². The summed E-state index contributed by atoms with van der Waals surface area (Å²) in [6.45, 7) is -0.707. The number of methoxy groups -OCH3 is 2. The molecule has 1 N–H and O–H groups in total. The Bertz CT molecular complexity index is 511. The SMILES string of the molecule is COC(=O)CO/N=C(/C(=O)OC)c1ccccc1CO. The van der Waals surface area contributed by atoms with E-state index in [0.717, 1.165) is 0 Å². The average molecular weight is 281 g/mol. The second-order valence-electron chi connectivity index (χ2n) is 3.60. The third-order valence-corrected chi connectivity index (χ3v) is 2.39. The van der Waals surface area contributed by atoms with Crippen LogP contribution in [0.1, 0.15) is 11.1 Å². The number of oxime groups is 1. The molecule has 7 nitrogen and oxygen atoms in total. The first-order chi connectivity index (χ1) is 9.63. The van der Waals surface area contributed by atoms with E-state index >= 15 is 0 Å². The van der Waals surface area contributed by atoms with Crippen LogP contribution in [-0.2, 0) is 30.5 Å². The van der Waals surface area contributed by atoms with Gasteiger partial charge in [-0.15, -0.1) is 0 Å². The fourth-order valence-corrected chi connectivity index (χ4v) is 1.39. The minimum Gasteiger partial charge on any atom is -0.466 e. The second-order valence-corrected chi connectivity index (χ2v) is 3.60. The van der Waals surface area contributed by atoms with Gasteiger partial charge >= 0.3 is 11.9 Å². The van der Waals surface area contributed by atoms with Gasteiger partial charge in [-0.25, -0.2) is 9.59 Å². The topological polar surface area (TPSA) is 94.4 Å². The van der Waals surface area contributed by atoms with Gasteiger partial charge in [-0.1, -0.05) is 29.4 Å². The Labute approximate surface area is 115 Å². The highest BCUT2D eigenvalue weighted by molar-refractivity contribution is 6.43. The van der Waals surface area contributed by atoms with E-state index in [1.54, 1.807) is 24.3 Å². The van der Waals surface area contributed by atoms with Crippen LogP contribution in [0.15, 0.2) is 29.4 Å². The molecule has 1 rings (SSSR count). The standard InChI is InChI=1S/C13H15NO6/c1-18-11(16)8-20-14-12(13(17)19-2)10-6-4-3-5-9(10)7-15/h3-6,15H,7-8H2,1-2H3/b14-12+. The molecule has 0 atom stereocenters. The van der Waals surface area contributed by atoms with E-state index in [1.165, 1.54) is 14.2 Å². The molecule has 20 heavy (non-hydrogen) atoms.